The molecular formula is C8H18N2O. The van der Waals surface area contributed by atoms with E-state index in [0.717, 1.165) is 19.4 Å². The molecule has 0 amide bonds. The lowest BCUT2D eigenvalue weighted by atomic mass is 10.1. The van der Waals surface area contributed by atoms with Crippen LogP contribution in [-0.2, 0) is 4.79 Å². The van der Waals surface area contributed by atoms with Crippen LogP contribution in [0.3, 0.4) is 0 Å². The zero-order valence-corrected chi connectivity index (χ0v) is 7.61. The standard InChI is InChI=1S/C8H18N2O/c1-8(2,3)10-5-4-9-6-7-11/h7,9-10H,4-6H2,1-3H3. The van der Waals surface area contributed by atoms with Gasteiger partial charge in [-0.1, -0.05) is 0 Å². The fourth-order valence-electron chi connectivity index (χ4n) is 0.687. The van der Waals surface area contributed by atoms with Crippen LogP contribution in [0.1, 0.15) is 20.8 Å². The molecule has 0 aliphatic rings. The van der Waals surface area contributed by atoms with Crippen LogP contribution in [0.15, 0.2) is 0 Å². The molecule has 0 rings (SSSR count). The minimum Gasteiger partial charge on any atom is -0.311 e. The summed E-state index contributed by atoms with van der Waals surface area (Å²) in [6.45, 7) is 8.55. The van der Waals surface area contributed by atoms with Crippen LogP contribution < -0.4 is 10.6 Å². The maximum Gasteiger partial charge on any atom is 0.133 e. The lowest BCUT2D eigenvalue weighted by molar-refractivity contribution is -0.107. The molecule has 0 aromatic rings. The Morgan fingerprint density at radius 2 is 1.91 bits per heavy atom. The molecule has 0 heterocycles. The Labute approximate surface area is 68.6 Å². The Balaban J connectivity index is 3.08. The summed E-state index contributed by atoms with van der Waals surface area (Å²) in [6.07, 6.45) is 0.872. The fraction of sp³-hybridized carbons (Fsp3) is 0.875. The molecule has 0 bridgehead atoms. The molecule has 0 fully saturated rings. The third-order valence-electron chi connectivity index (χ3n) is 1.18. The fourth-order valence-corrected chi connectivity index (χ4v) is 0.687. The van der Waals surface area contributed by atoms with Crippen molar-refractivity contribution in [3.8, 4) is 0 Å². The minimum absolute atomic E-state index is 0.170. The van der Waals surface area contributed by atoms with E-state index in [9.17, 15) is 4.79 Å². The number of hydrogen-bond acceptors (Lipinski definition) is 3. The third-order valence-corrected chi connectivity index (χ3v) is 1.18. The van der Waals surface area contributed by atoms with Gasteiger partial charge in [0.25, 0.3) is 0 Å². The quantitative estimate of drug-likeness (QED) is 0.442. The van der Waals surface area contributed by atoms with Crippen molar-refractivity contribution < 1.29 is 4.79 Å². The number of carbonyl (C=O) groups is 1. The van der Waals surface area contributed by atoms with E-state index in [-0.39, 0.29) is 5.54 Å². The maximum absolute atomic E-state index is 9.88. The van der Waals surface area contributed by atoms with Gasteiger partial charge >= 0.3 is 0 Å². The largest absolute Gasteiger partial charge is 0.311 e. The summed E-state index contributed by atoms with van der Waals surface area (Å²) in [5.41, 5.74) is 0.170. The predicted molar refractivity (Wildman–Crippen MR) is 46.7 cm³/mol. The van der Waals surface area contributed by atoms with E-state index in [1.165, 1.54) is 0 Å². The van der Waals surface area contributed by atoms with Gasteiger partial charge in [0.1, 0.15) is 6.29 Å². The zero-order valence-electron chi connectivity index (χ0n) is 7.61. The van der Waals surface area contributed by atoms with Gasteiger partial charge in [0.2, 0.25) is 0 Å². The van der Waals surface area contributed by atoms with Crippen molar-refractivity contribution >= 4 is 6.29 Å². The van der Waals surface area contributed by atoms with Crippen LogP contribution in [0.4, 0.5) is 0 Å². The second-order valence-corrected chi connectivity index (χ2v) is 3.55. The van der Waals surface area contributed by atoms with Gasteiger partial charge in [0, 0.05) is 18.6 Å². The highest BCUT2D eigenvalue weighted by Gasteiger charge is 2.06. The number of rotatable bonds is 5. The Morgan fingerprint density at radius 3 is 2.36 bits per heavy atom. The lowest BCUT2D eigenvalue weighted by Gasteiger charge is -2.20. The van der Waals surface area contributed by atoms with E-state index < -0.39 is 0 Å². The van der Waals surface area contributed by atoms with Gasteiger partial charge in [-0.25, -0.2) is 0 Å². The normalized spacial score (nSPS) is 11.5. The molecule has 0 aromatic carbocycles. The smallest absolute Gasteiger partial charge is 0.133 e. The molecule has 0 unspecified atom stereocenters. The van der Waals surface area contributed by atoms with Gasteiger partial charge in [-0.2, -0.15) is 0 Å². The Morgan fingerprint density at radius 1 is 1.27 bits per heavy atom. The summed E-state index contributed by atoms with van der Waals surface area (Å²) in [7, 11) is 0. The molecule has 66 valence electrons. The predicted octanol–water partition coefficient (Wildman–Crippen LogP) is 0.163. The van der Waals surface area contributed by atoms with Gasteiger partial charge in [0.05, 0.1) is 6.54 Å². The van der Waals surface area contributed by atoms with Crippen LogP contribution in [0.5, 0.6) is 0 Å². The van der Waals surface area contributed by atoms with E-state index in [1.807, 2.05) is 0 Å². The molecule has 2 N–H and O–H groups in total. The Kier molecular flexibility index (Phi) is 5.07. The van der Waals surface area contributed by atoms with Gasteiger partial charge in [-0.05, 0) is 20.8 Å². The van der Waals surface area contributed by atoms with Crippen molar-refractivity contribution in [2.24, 2.45) is 0 Å². The first kappa shape index (κ1) is 10.6. The van der Waals surface area contributed by atoms with Crippen LogP contribution in [0, 0.1) is 0 Å². The summed E-state index contributed by atoms with van der Waals surface area (Å²) in [6, 6.07) is 0. The number of aldehydes is 1. The first-order chi connectivity index (χ1) is 5.06. The minimum atomic E-state index is 0.170. The summed E-state index contributed by atoms with van der Waals surface area (Å²) in [5.74, 6) is 0. The second-order valence-electron chi connectivity index (χ2n) is 3.55. The molecule has 0 saturated carbocycles. The zero-order chi connectivity index (χ0) is 8.74. The summed E-state index contributed by atoms with van der Waals surface area (Å²) in [5, 5.41) is 6.28. The van der Waals surface area contributed by atoms with Crippen molar-refractivity contribution in [1.29, 1.82) is 0 Å². The molecule has 3 heteroatoms. The maximum atomic E-state index is 9.88. The highest BCUT2D eigenvalue weighted by molar-refractivity contribution is 5.51. The Bertz CT molecular complexity index is 107. The van der Waals surface area contributed by atoms with E-state index in [4.69, 9.17) is 0 Å². The molecule has 0 saturated heterocycles. The van der Waals surface area contributed by atoms with Crippen molar-refractivity contribution in [1.82, 2.24) is 10.6 Å². The third kappa shape index (κ3) is 9.59. The topological polar surface area (TPSA) is 41.1 Å². The molecule has 0 atom stereocenters. The summed E-state index contributed by atoms with van der Waals surface area (Å²) >= 11 is 0. The molecule has 3 nitrogen and oxygen atoms in total. The number of hydrogen-bond donors (Lipinski definition) is 2. The highest BCUT2D eigenvalue weighted by Crippen LogP contribution is 1.95. The van der Waals surface area contributed by atoms with Crippen LogP contribution >= 0.6 is 0 Å². The van der Waals surface area contributed by atoms with Crippen molar-refractivity contribution in [2.45, 2.75) is 26.3 Å². The summed E-state index contributed by atoms with van der Waals surface area (Å²) < 4.78 is 0. The van der Waals surface area contributed by atoms with Gasteiger partial charge < -0.3 is 15.4 Å². The Hall–Kier alpha value is -0.410. The van der Waals surface area contributed by atoms with E-state index >= 15 is 0 Å². The number of carbonyl (C=O) groups excluding carboxylic acids is 1. The molecule has 0 radical (unpaired) electrons. The second kappa shape index (κ2) is 5.27. The molecular weight excluding hydrogens is 140 g/mol. The summed E-state index contributed by atoms with van der Waals surface area (Å²) in [4.78, 5) is 9.88. The SMILES string of the molecule is CC(C)(C)NCCNCC=O. The van der Waals surface area contributed by atoms with Crippen LogP contribution in [0.2, 0.25) is 0 Å². The van der Waals surface area contributed by atoms with Crippen molar-refractivity contribution in [3.05, 3.63) is 0 Å². The van der Waals surface area contributed by atoms with E-state index in [2.05, 4.69) is 31.4 Å². The molecule has 0 aliphatic heterocycles. The highest BCUT2D eigenvalue weighted by atomic mass is 16.1. The molecule has 11 heavy (non-hydrogen) atoms. The van der Waals surface area contributed by atoms with E-state index in [1.54, 1.807) is 0 Å². The van der Waals surface area contributed by atoms with Gasteiger partial charge in [-0.15, -0.1) is 0 Å². The van der Waals surface area contributed by atoms with Gasteiger partial charge in [-0.3, -0.25) is 0 Å². The first-order valence-corrected chi connectivity index (χ1v) is 3.95. The van der Waals surface area contributed by atoms with Crippen LogP contribution in [0.25, 0.3) is 0 Å². The van der Waals surface area contributed by atoms with Gasteiger partial charge in [0.15, 0.2) is 0 Å². The first-order valence-electron chi connectivity index (χ1n) is 3.95. The molecule has 0 aromatic heterocycles. The average Bonchev–Trinajstić information content (AvgIpc) is 1.85. The monoisotopic (exact) mass is 158 g/mol. The average molecular weight is 158 g/mol. The van der Waals surface area contributed by atoms with Crippen molar-refractivity contribution in [2.75, 3.05) is 19.6 Å². The van der Waals surface area contributed by atoms with Crippen molar-refractivity contribution in [3.63, 3.8) is 0 Å². The molecule has 0 aliphatic carbocycles. The number of nitrogens with one attached hydrogen (secondary N) is 2. The van der Waals surface area contributed by atoms with E-state index in [0.29, 0.717) is 6.54 Å². The molecule has 0 spiro atoms. The van der Waals surface area contributed by atoms with Crippen LogP contribution in [-0.4, -0.2) is 31.5 Å². The lowest BCUT2D eigenvalue weighted by Crippen LogP contribution is -2.40.